The van der Waals surface area contributed by atoms with Gasteiger partial charge in [0, 0.05) is 18.8 Å². The lowest BCUT2D eigenvalue weighted by Crippen LogP contribution is -2.39. The van der Waals surface area contributed by atoms with Crippen molar-refractivity contribution in [2.45, 2.75) is 20.0 Å². The van der Waals surface area contributed by atoms with Crippen LogP contribution >= 0.6 is 11.8 Å². The summed E-state index contributed by atoms with van der Waals surface area (Å²) in [7, 11) is 0. The lowest BCUT2D eigenvalue weighted by Gasteiger charge is -2.15. The first-order chi connectivity index (χ1) is 10.2. The third kappa shape index (κ3) is 7.80. The molecular weight excluding hydrogens is 289 g/mol. The molecule has 0 bridgehead atoms. The standard InChI is InChI=1S/C15H24FN3OS/c1-4-17-15(18-9-10-21-3)19-11-12(2)20-14-7-5-13(16)6-8-14/h5-8,12H,4,9-11H2,1-3H3,(H2,17,18,19). The molecular formula is C15H24FN3OS. The number of halogens is 1. The molecule has 0 spiro atoms. The van der Waals surface area contributed by atoms with Gasteiger partial charge in [0.2, 0.25) is 0 Å². The molecule has 2 N–H and O–H groups in total. The molecule has 1 aromatic rings. The van der Waals surface area contributed by atoms with E-state index in [4.69, 9.17) is 4.74 Å². The van der Waals surface area contributed by atoms with E-state index < -0.39 is 0 Å². The Kier molecular flexibility index (Phi) is 8.66. The van der Waals surface area contributed by atoms with Gasteiger partial charge >= 0.3 is 0 Å². The molecule has 118 valence electrons. The third-order valence-corrected chi connectivity index (χ3v) is 3.21. The van der Waals surface area contributed by atoms with Crippen molar-refractivity contribution in [3.05, 3.63) is 30.1 Å². The second kappa shape index (κ2) is 10.3. The summed E-state index contributed by atoms with van der Waals surface area (Å²) in [5.74, 6) is 2.22. The van der Waals surface area contributed by atoms with E-state index in [1.165, 1.54) is 12.1 Å². The molecule has 0 amide bonds. The molecule has 1 aromatic carbocycles. The first-order valence-electron chi connectivity index (χ1n) is 7.09. The van der Waals surface area contributed by atoms with E-state index in [-0.39, 0.29) is 11.9 Å². The van der Waals surface area contributed by atoms with Crippen molar-refractivity contribution in [1.82, 2.24) is 10.6 Å². The van der Waals surface area contributed by atoms with E-state index in [1.807, 2.05) is 13.8 Å². The van der Waals surface area contributed by atoms with Crippen molar-refractivity contribution in [2.75, 3.05) is 31.6 Å². The molecule has 4 nitrogen and oxygen atoms in total. The summed E-state index contributed by atoms with van der Waals surface area (Å²) >= 11 is 1.79. The Labute approximate surface area is 130 Å². The second-order valence-electron chi connectivity index (χ2n) is 4.52. The van der Waals surface area contributed by atoms with Crippen LogP contribution in [0.25, 0.3) is 0 Å². The highest BCUT2D eigenvalue weighted by Gasteiger charge is 2.04. The summed E-state index contributed by atoms with van der Waals surface area (Å²) in [4.78, 5) is 4.49. The number of hydrogen-bond donors (Lipinski definition) is 2. The number of benzene rings is 1. The summed E-state index contributed by atoms with van der Waals surface area (Å²) in [5, 5.41) is 6.45. The zero-order valence-corrected chi connectivity index (χ0v) is 13.7. The van der Waals surface area contributed by atoms with Crippen LogP contribution in [0.1, 0.15) is 13.8 Å². The van der Waals surface area contributed by atoms with Gasteiger partial charge in [-0.15, -0.1) is 0 Å². The van der Waals surface area contributed by atoms with Crippen LogP contribution < -0.4 is 15.4 Å². The van der Waals surface area contributed by atoms with Gasteiger partial charge in [0.1, 0.15) is 17.7 Å². The summed E-state index contributed by atoms with van der Waals surface area (Å²) in [6.45, 7) is 6.20. The Balaban J connectivity index is 2.44. The largest absolute Gasteiger partial charge is 0.489 e. The highest BCUT2D eigenvalue weighted by atomic mass is 32.2. The van der Waals surface area contributed by atoms with Gasteiger partial charge in [0.15, 0.2) is 5.96 Å². The van der Waals surface area contributed by atoms with Gasteiger partial charge in [-0.3, -0.25) is 0 Å². The minimum absolute atomic E-state index is 0.0773. The summed E-state index contributed by atoms with van der Waals surface area (Å²) in [5.41, 5.74) is 0. The SMILES string of the molecule is CCNC(=NCC(C)Oc1ccc(F)cc1)NCCSC. The molecule has 0 aliphatic rings. The number of nitrogens with zero attached hydrogens (tertiary/aromatic N) is 1. The predicted molar refractivity (Wildman–Crippen MR) is 88.9 cm³/mol. The fraction of sp³-hybridized carbons (Fsp3) is 0.533. The topological polar surface area (TPSA) is 45.7 Å². The van der Waals surface area contributed by atoms with Gasteiger partial charge in [-0.1, -0.05) is 0 Å². The monoisotopic (exact) mass is 313 g/mol. The summed E-state index contributed by atoms with van der Waals surface area (Å²) in [6, 6.07) is 6.02. The number of aliphatic imine (C=N–C) groups is 1. The predicted octanol–water partition coefficient (Wildman–Crippen LogP) is 2.51. The van der Waals surface area contributed by atoms with Gasteiger partial charge in [-0.05, 0) is 44.4 Å². The van der Waals surface area contributed by atoms with Crippen LogP contribution in [0, 0.1) is 5.82 Å². The van der Waals surface area contributed by atoms with E-state index >= 15 is 0 Å². The molecule has 6 heteroatoms. The van der Waals surface area contributed by atoms with Gasteiger partial charge < -0.3 is 15.4 Å². The highest BCUT2D eigenvalue weighted by Crippen LogP contribution is 2.12. The second-order valence-corrected chi connectivity index (χ2v) is 5.51. The fourth-order valence-corrected chi connectivity index (χ4v) is 1.92. The maximum Gasteiger partial charge on any atom is 0.191 e. The minimum atomic E-state index is -0.263. The quantitative estimate of drug-likeness (QED) is 0.440. The zero-order valence-electron chi connectivity index (χ0n) is 12.9. The van der Waals surface area contributed by atoms with Crippen molar-refractivity contribution in [3.63, 3.8) is 0 Å². The molecule has 1 rings (SSSR count). The van der Waals surface area contributed by atoms with Gasteiger partial charge in [-0.25, -0.2) is 9.38 Å². The van der Waals surface area contributed by atoms with Crippen molar-refractivity contribution in [1.29, 1.82) is 0 Å². The molecule has 0 aromatic heterocycles. The first-order valence-corrected chi connectivity index (χ1v) is 8.48. The summed E-state index contributed by atoms with van der Waals surface area (Å²) < 4.78 is 18.5. The molecule has 0 saturated heterocycles. The average Bonchev–Trinajstić information content (AvgIpc) is 2.47. The van der Waals surface area contributed by atoms with E-state index in [0.717, 1.165) is 24.8 Å². The van der Waals surface area contributed by atoms with Crippen molar-refractivity contribution in [2.24, 2.45) is 4.99 Å². The van der Waals surface area contributed by atoms with E-state index in [2.05, 4.69) is 21.9 Å². The molecule has 0 aliphatic carbocycles. The van der Waals surface area contributed by atoms with Gasteiger partial charge in [-0.2, -0.15) is 11.8 Å². The zero-order chi connectivity index (χ0) is 15.5. The molecule has 0 fully saturated rings. The number of ether oxygens (including phenoxy) is 1. The average molecular weight is 313 g/mol. The van der Waals surface area contributed by atoms with Crippen LogP contribution in [-0.4, -0.2) is 43.7 Å². The Bertz CT molecular complexity index is 425. The Morgan fingerprint density at radius 1 is 1.33 bits per heavy atom. The number of hydrogen-bond acceptors (Lipinski definition) is 3. The third-order valence-electron chi connectivity index (χ3n) is 2.60. The van der Waals surface area contributed by atoms with Crippen LogP contribution in [0.5, 0.6) is 5.75 Å². The van der Waals surface area contributed by atoms with Crippen LogP contribution in [0.2, 0.25) is 0 Å². The number of nitrogens with one attached hydrogen (secondary N) is 2. The van der Waals surface area contributed by atoms with Crippen LogP contribution in [0.4, 0.5) is 4.39 Å². The fourth-order valence-electron chi connectivity index (χ4n) is 1.62. The van der Waals surface area contributed by atoms with Crippen molar-refractivity contribution < 1.29 is 9.13 Å². The van der Waals surface area contributed by atoms with E-state index in [1.54, 1.807) is 23.9 Å². The van der Waals surface area contributed by atoms with Crippen LogP contribution in [0.15, 0.2) is 29.3 Å². The van der Waals surface area contributed by atoms with Gasteiger partial charge in [0.25, 0.3) is 0 Å². The van der Waals surface area contributed by atoms with Crippen molar-refractivity contribution in [3.8, 4) is 5.75 Å². The molecule has 0 radical (unpaired) electrons. The molecule has 1 atom stereocenters. The van der Waals surface area contributed by atoms with E-state index in [9.17, 15) is 4.39 Å². The Morgan fingerprint density at radius 3 is 2.67 bits per heavy atom. The lowest BCUT2D eigenvalue weighted by molar-refractivity contribution is 0.230. The molecule has 1 unspecified atom stereocenters. The van der Waals surface area contributed by atoms with Crippen LogP contribution in [0.3, 0.4) is 0 Å². The van der Waals surface area contributed by atoms with Gasteiger partial charge in [0.05, 0.1) is 6.54 Å². The maximum absolute atomic E-state index is 12.8. The number of thioether (sulfide) groups is 1. The molecule has 0 aliphatic heterocycles. The number of guanidine groups is 1. The minimum Gasteiger partial charge on any atom is -0.489 e. The molecule has 0 heterocycles. The lowest BCUT2D eigenvalue weighted by atomic mass is 10.3. The molecule has 0 saturated carbocycles. The Morgan fingerprint density at radius 2 is 2.05 bits per heavy atom. The maximum atomic E-state index is 12.8. The Hall–Kier alpha value is -1.43. The van der Waals surface area contributed by atoms with Crippen LogP contribution in [-0.2, 0) is 0 Å². The first kappa shape index (κ1) is 17.6. The highest BCUT2D eigenvalue weighted by molar-refractivity contribution is 7.98. The smallest absolute Gasteiger partial charge is 0.191 e. The van der Waals surface area contributed by atoms with Crippen molar-refractivity contribution >= 4 is 17.7 Å². The molecule has 21 heavy (non-hydrogen) atoms. The normalized spacial score (nSPS) is 12.9. The van der Waals surface area contributed by atoms with E-state index in [0.29, 0.717) is 12.3 Å². The number of rotatable bonds is 8. The summed E-state index contributed by atoms with van der Waals surface area (Å²) in [6.07, 6.45) is 2.00.